The fourth-order valence-electron chi connectivity index (χ4n) is 2.03. The molecule has 2 aromatic carbocycles. The van der Waals surface area contributed by atoms with Gasteiger partial charge in [0, 0.05) is 10.0 Å². The molecular weight excluding hydrogens is 267 g/mol. The largest absolute Gasteiger partial charge is 0.380 e. The van der Waals surface area contributed by atoms with Crippen molar-refractivity contribution >= 4 is 23.2 Å². The standard InChI is InChI=1S/C15H14Cl2O/c1-2-15(18,11-3-7-13(16)8-4-11)12-5-9-14(17)10-6-12/h3-10,18H,2H2,1H3. The van der Waals surface area contributed by atoms with Crippen LogP contribution in [0.3, 0.4) is 0 Å². The van der Waals surface area contributed by atoms with E-state index >= 15 is 0 Å². The second-order valence-corrected chi connectivity index (χ2v) is 5.10. The first-order valence-electron chi connectivity index (χ1n) is 5.80. The van der Waals surface area contributed by atoms with Crippen molar-refractivity contribution in [3.8, 4) is 0 Å². The van der Waals surface area contributed by atoms with Crippen molar-refractivity contribution in [1.82, 2.24) is 0 Å². The van der Waals surface area contributed by atoms with Crippen molar-refractivity contribution in [2.75, 3.05) is 0 Å². The van der Waals surface area contributed by atoms with Crippen LogP contribution in [0.1, 0.15) is 24.5 Å². The van der Waals surface area contributed by atoms with Gasteiger partial charge in [0.05, 0.1) is 0 Å². The van der Waals surface area contributed by atoms with Gasteiger partial charge in [-0.3, -0.25) is 0 Å². The molecule has 0 aliphatic carbocycles. The smallest absolute Gasteiger partial charge is 0.114 e. The molecule has 0 saturated heterocycles. The lowest BCUT2D eigenvalue weighted by molar-refractivity contribution is 0.0765. The first-order valence-corrected chi connectivity index (χ1v) is 6.56. The zero-order valence-electron chi connectivity index (χ0n) is 10.0. The van der Waals surface area contributed by atoms with E-state index in [2.05, 4.69) is 0 Å². The van der Waals surface area contributed by atoms with Crippen molar-refractivity contribution in [3.63, 3.8) is 0 Å². The molecule has 1 nitrogen and oxygen atoms in total. The molecule has 1 N–H and O–H groups in total. The lowest BCUT2D eigenvalue weighted by Gasteiger charge is -2.28. The van der Waals surface area contributed by atoms with E-state index in [1.165, 1.54) is 0 Å². The maximum absolute atomic E-state index is 10.9. The van der Waals surface area contributed by atoms with E-state index in [1.54, 1.807) is 24.3 Å². The molecule has 2 aromatic rings. The molecule has 94 valence electrons. The van der Waals surface area contributed by atoms with Crippen molar-refractivity contribution in [3.05, 3.63) is 69.7 Å². The summed E-state index contributed by atoms with van der Waals surface area (Å²) >= 11 is 11.7. The van der Waals surface area contributed by atoms with Crippen LogP contribution in [0.4, 0.5) is 0 Å². The third-order valence-corrected chi connectivity index (χ3v) is 3.66. The highest BCUT2D eigenvalue weighted by Crippen LogP contribution is 2.33. The number of halogens is 2. The van der Waals surface area contributed by atoms with E-state index in [-0.39, 0.29) is 0 Å². The van der Waals surface area contributed by atoms with Crippen LogP contribution in [0.2, 0.25) is 10.0 Å². The third-order valence-electron chi connectivity index (χ3n) is 3.16. The molecular formula is C15H14Cl2O. The first kappa shape index (κ1) is 13.4. The molecule has 0 aliphatic heterocycles. The molecule has 3 heteroatoms. The summed E-state index contributed by atoms with van der Waals surface area (Å²) in [6, 6.07) is 14.5. The molecule has 0 radical (unpaired) electrons. The summed E-state index contributed by atoms with van der Waals surface area (Å²) in [5.41, 5.74) is 0.656. The number of rotatable bonds is 3. The Hall–Kier alpha value is -1.02. The lowest BCUT2D eigenvalue weighted by Crippen LogP contribution is -2.26. The van der Waals surface area contributed by atoms with Crippen molar-refractivity contribution in [2.45, 2.75) is 18.9 Å². The highest BCUT2D eigenvalue weighted by molar-refractivity contribution is 6.30. The van der Waals surface area contributed by atoms with Gasteiger partial charge in [-0.1, -0.05) is 54.4 Å². The minimum Gasteiger partial charge on any atom is -0.380 e. The Bertz CT molecular complexity index is 472. The average Bonchev–Trinajstić information content (AvgIpc) is 2.39. The molecule has 0 spiro atoms. The summed E-state index contributed by atoms with van der Waals surface area (Å²) in [6.07, 6.45) is 0.580. The Morgan fingerprint density at radius 1 is 0.833 bits per heavy atom. The third kappa shape index (κ3) is 2.54. The van der Waals surface area contributed by atoms with Gasteiger partial charge >= 0.3 is 0 Å². The van der Waals surface area contributed by atoms with E-state index in [0.717, 1.165) is 11.1 Å². The maximum Gasteiger partial charge on any atom is 0.114 e. The van der Waals surface area contributed by atoms with Gasteiger partial charge < -0.3 is 5.11 Å². The monoisotopic (exact) mass is 280 g/mol. The Morgan fingerprint density at radius 2 is 1.17 bits per heavy atom. The van der Waals surface area contributed by atoms with E-state index < -0.39 is 5.60 Å². The Kier molecular flexibility index (Phi) is 3.96. The summed E-state index contributed by atoms with van der Waals surface area (Å²) in [5.74, 6) is 0. The predicted octanol–water partition coefficient (Wildman–Crippen LogP) is 4.64. The average molecular weight is 281 g/mol. The quantitative estimate of drug-likeness (QED) is 0.869. The SMILES string of the molecule is CCC(O)(c1ccc(Cl)cc1)c1ccc(Cl)cc1. The van der Waals surface area contributed by atoms with Crippen LogP contribution in [0.25, 0.3) is 0 Å². The highest BCUT2D eigenvalue weighted by atomic mass is 35.5. The van der Waals surface area contributed by atoms with Crippen LogP contribution >= 0.6 is 23.2 Å². The Morgan fingerprint density at radius 3 is 1.44 bits per heavy atom. The summed E-state index contributed by atoms with van der Waals surface area (Å²) in [4.78, 5) is 0. The fourth-order valence-corrected chi connectivity index (χ4v) is 2.28. The number of benzene rings is 2. The second-order valence-electron chi connectivity index (χ2n) is 4.23. The molecule has 0 unspecified atom stereocenters. The fraction of sp³-hybridized carbons (Fsp3) is 0.200. The molecule has 18 heavy (non-hydrogen) atoms. The van der Waals surface area contributed by atoms with Crippen LogP contribution in [0.5, 0.6) is 0 Å². The highest BCUT2D eigenvalue weighted by Gasteiger charge is 2.29. The van der Waals surface area contributed by atoms with Crippen molar-refractivity contribution in [2.24, 2.45) is 0 Å². The van der Waals surface area contributed by atoms with Gasteiger partial charge in [-0.05, 0) is 41.8 Å². The van der Waals surface area contributed by atoms with Gasteiger partial charge in [-0.15, -0.1) is 0 Å². The van der Waals surface area contributed by atoms with Gasteiger partial charge in [0.15, 0.2) is 0 Å². The molecule has 0 amide bonds. The lowest BCUT2D eigenvalue weighted by atomic mass is 9.84. The van der Waals surface area contributed by atoms with Gasteiger partial charge in [0.1, 0.15) is 5.60 Å². The van der Waals surface area contributed by atoms with E-state index in [9.17, 15) is 5.11 Å². The molecule has 0 bridgehead atoms. The van der Waals surface area contributed by atoms with Gasteiger partial charge in [-0.2, -0.15) is 0 Å². The van der Waals surface area contributed by atoms with Crippen LogP contribution in [-0.2, 0) is 5.60 Å². The molecule has 0 aromatic heterocycles. The van der Waals surface area contributed by atoms with E-state index in [1.807, 2.05) is 31.2 Å². The minimum absolute atomic E-state index is 0.580. The zero-order chi connectivity index (χ0) is 13.2. The summed E-state index contributed by atoms with van der Waals surface area (Å²) in [5, 5.41) is 12.2. The Labute approximate surface area is 117 Å². The van der Waals surface area contributed by atoms with E-state index in [0.29, 0.717) is 16.5 Å². The maximum atomic E-state index is 10.9. The van der Waals surface area contributed by atoms with Crippen molar-refractivity contribution in [1.29, 1.82) is 0 Å². The van der Waals surface area contributed by atoms with Crippen LogP contribution in [0, 0.1) is 0 Å². The first-order chi connectivity index (χ1) is 8.56. The summed E-state index contributed by atoms with van der Waals surface area (Å²) in [7, 11) is 0. The van der Waals surface area contributed by atoms with Crippen LogP contribution in [-0.4, -0.2) is 5.11 Å². The molecule has 2 rings (SSSR count). The van der Waals surface area contributed by atoms with Gasteiger partial charge in [0.25, 0.3) is 0 Å². The number of aliphatic hydroxyl groups is 1. The van der Waals surface area contributed by atoms with Crippen LogP contribution in [0.15, 0.2) is 48.5 Å². The zero-order valence-corrected chi connectivity index (χ0v) is 11.5. The second kappa shape index (κ2) is 5.31. The summed E-state index contributed by atoms with van der Waals surface area (Å²) in [6.45, 7) is 1.95. The van der Waals surface area contributed by atoms with Gasteiger partial charge in [0.2, 0.25) is 0 Å². The molecule has 0 atom stereocenters. The topological polar surface area (TPSA) is 20.2 Å². The summed E-state index contributed by atoms with van der Waals surface area (Å²) < 4.78 is 0. The van der Waals surface area contributed by atoms with Gasteiger partial charge in [-0.25, -0.2) is 0 Å². The molecule has 0 heterocycles. The number of hydrogen-bond donors (Lipinski definition) is 1. The molecule has 0 fully saturated rings. The van der Waals surface area contributed by atoms with E-state index in [4.69, 9.17) is 23.2 Å². The predicted molar refractivity (Wildman–Crippen MR) is 76.2 cm³/mol. The molecule has 0 saturated carbocycles. The normalized spacial score (nSPS) is 11.6. The molecule has 0 aliphatic rings. The number of hydrogen-bond acceptors (Lipinski definition) is 1. The van der Waals surface area contributed by atoms with Crippen LogP contribution < -0.4 is 0 Å². The minimum atomic E-state index is -1.00. The Balaban J connectivity index is 2.47. The van der Waals surface area contributed by atoms with Crippen molar-refractivity contribution < 1.29 is 5.11 Å².